The average molecular weight is 294 g/mol. The molecular formula is C16H18N6. The third-order valence-corrected chi connectivity index (χ3v) is 4.04. The van der Waals surface area contributed by atoms with Crippen molar-refractivity contribution in [2.75, 3.05) is 29.0 Å². The van der Waals surface area contributed by atoms with Gasteiger partial charge in [-0.2, -0.15) is 9.97 Å². The third kappa shape index (κ3) is 2.32. The number of fused-ring (bicyclic) bond motifs is 1. The zero-order valence-electron chi connectivity index (χ0n) is 12.2. The minimum Gasteiger partial charge on any atom is -0.383 e. The molecule has 6 heteroatoms. The van der Waals surface area contributed by atoms with Crippen molar-refractivity contribution in [2.24, 2.45) is 0 Å². The van der Waals surface area contributed by atoms with Gasteiger partial charge in [0, 0.05) is 30.7 Å². The molecule has 0 amide bonds. The summed E-state index contributed by atoms with van der Waals surface area (Å²) in [5.41, 5.74) is 8.90. The minimum atomic E-state index is 0.474. The number of rotatable bonds is 3. The van der Waals surface area contributed by atoms with Crippen LogP contribution in [0, 0.1) is 0 Å². The van der Waals surface area contributed by atoms with Gasteiger partial charge in [0.05, 0.1) is 5.39 Å². The third-order valence-electron chi connectivity index (χ3n) is 4.04. The van der Waals surface area contributed by atoms with Gasteiger partial charge in [-0.3, -0.25) is 0 Å². The number of benzene rings is 1. The molecule has 1 fully saturated rings. The molecule has 3 heterocycles. The van der Waals surface area contributed by atoms with Crippen LogP contribution < -0.4 is 16.0 Å². The molecule has 1 saturated heterocycles. The van der Waals surface area contributed by atoms with E-state index in [1.54, 1.807) is 0 Å². The maximum absolute atomic E-state index is 5.94. The number of aromatic amines is 1. The first-order valence-electron chi connectivity index (χ1n) is 7.52. The normalized spacial score (nSPS) is 14.6. The number of nitrogens with one attached hydrogen (secondary N) is 2. The summed E-state index contributed by atoms with van der Waals surface area (Å²) in [6, 6.07) is 10.2. The highest BCUT2D eigenvalue weighted by Crippen LogP contribution is 2.24. The van der Waals surface area contributed by atoms with Crippen molar-refractivity contribution in [3.63, 3.8) is 0 Å². The Morgan fingerprint density at radius 2 is 1.82 bits per heavy atom. The van der Waals surface area contributed by atoms with Crippen LogP contribution in [0.4, 0.5) is 23.1 Å². The summed E-state index contributed by atoms with van der Waals surface area (Å²) in [6.07, 6.45) is 4.37. The number of nitrogen functional groups attached to an aromatic ring is 1. The van der Waals surface area contributed by atoms with Crippen LogP contribution in [0.15, 0.2) is 36.5 Å². The van der Waals surface area contributed by atoms with E-state index < -0.39 is 0 Å². The number of hydrogen-bond acceptors (Lipinski definition) is 5. The summed E-state index contributed by atoms with van der Waals surface area (Å²) in [5.74, 6) is 0.976. The molecule has 0 aliphatic carbocycles. The molecule has 3 aromatic rings. The Hall–Kier alpha value is -2.76. The Morgan fingerprint density at radius 1 is 1.05 bits per heavy atom. The lowest BCUT2D eigenvalue weighted by Crippen LogP contribution is -2.17. The fourth-order valence-corrected chi connectivity index (χ4v) is 2.88. The molecule has 1 aliphatic heterocycles. The van der Waals surface area contributed by atoms with Crippen LogP contribution in [-0.2, 0) is 0 Å². The number of hydrogen-bond donors (Lipinski definition) is 3. The summed E-state index contributed by atoms with van der Waals surface area (Å²) in [5, 5.41) is 4.05. The predicted molar refractivity (Wildman–Crippen MR) is 89.5 cm³/mol. The van der Waals surface area contributed by atoms with E-state index in [1.807, 2.05) is 24.4 Å². The number of H-pyrrole nitrogens is 1. The largest absolute Gasteiger partial charge is 0.383 e. The van der Waals surface area contributed by atoms with Crippen LogP contribution >= 0.6 is 0 Å². The standard InChI is InChI=1S/C16H18N6/c17-14-13-7-8-18-15(13)21-16(20-14)19-11-3-5-12(6-4-11)22-9-1-2-10-22/h3-8H,1-2,9-10H2,(H4,17,18,19,20,21). The molecule has 22 heavy (non-hydrogen) atoms. The highest BCUT2D eigenvalue weighted by molar-refractivity contribution is 5.87. The maximum Gasteiger partial charge on any atom is 0.231 e. The van der Waals surface area contributed by atoms with Crippen LogP contribution in [0.3, 0.4) is 0 Å². The molecule has 6 nitrogen and oxygen atoms in total. The molecule has 0 atom stereocenters. The van der Waals surface area contributed by atoms with Crippen molar-refractivity contribution in [1.82, 2.24) is 15.0 Å². The van der Waals surface area contributed by atoms with Gasteiger partial charge < -0.3 is 20.9 Å². The van der Waals surface area contributed by atoms with Crippen molar-refractivity contribution in [2.45, 2.75) is 12.8 Å². The lowest BCUT2D eigenvalue weighted by Gasteiger charge is -2.17. The Balaban J connectivity index is 1.56. The van der Waals surface area contributed by atoms with Crippen LogP contribution in [0.25, 0.3) is 11.0 Å². The van der Waals surface area contributed by atoms with Crippen molar-refractivity contribution in [3.05, 3.63) is 36.5 Å². The van der Waals surface area contributed by atoms with Gasteiger partial charge in [0.1, 0.15) is 11.5 Å². The van der Waals surface area contributed by atoms with E-state index in [1.165, 1.54) is 18.5 Å². The quantitative estimate of drug-likeness (QED) is 0.692. The van der Waals surface area contributed by atoms with Crippen LogP contribution in [0.5, 0.6) is 0 Å². The summed E-state index contributed by atoms with van der Waals surface area (Å²) in [7, 11) is 0. The fourth-order valence-electron chi connectivity index (χ4n) is 2.88. The van der Waals surface area contributed by atoms with E-state index in [0.29, 0.717) is 11.8 Å². The van der Waals surface area contributed by atoms with Crippen LogP contribution in [0.1, 0.15) is 12.8 Å². The van der Waals surface area contributed by atoms with Gasteiger partial charge in [0.2, 0.25) is 5.95 Å². The summed E-state index contributed by atoms with van der Waals surface area (Å²) >= 11 is 0. The van der Waals surface area contributed by atoms with E-state index >= 15 is 0 Å². The van der Waals surface area contributed by atoms with E-state index in [-0.39, 0.29) is 0 Å². The topological polar surface area (TPSA) is 82.9 Å². The second-order valence-corrected chi connectivity index (χ2v) is 5.54. The average Bonchev–Trinajstić information content (AvgIpc) is 3.19. The first kappa shape index (κ1) is 12.9. The molecule has 1 aromatic carbocycles. The molecule has 0 saturated carbocycles. The van der Waals surface area contributed by atoms with Gasteiger partial charge in [0.15, 0.2) is 0 Å². The van der Waals surface area contributed by atoms with E-state index in [0.717, 1.165) is 29.8 Å². The molecular weight excluding hydrogens is 276 g/mol. The summed E-state index contributed by atoms with van der Waals surface area (Å²) in [4.78, 5) is 14.2. The molecule has 1 aliphatic rings. The van der Waals surface area contributed by atoms with E-state index in [2.05, 4.69) is 37.3 Å². The Bertz CT molecular complexity index is 786. The van der Waals surface area contributed by atoms with Gasteiger partial charge in [-0.1, -0.05) is 0 Å². The molecule has 0 unspecified atom stereocenters. The molecule has 4 N–H and O–H groups in total. The smallest absolute Gasteiger partial charge is 0.231 e. The van der Waals surface area contributed by atoms with Gasteiger partial charge in [-0.15, -0.1) is 0 Å². The van der Waals surface area contributed by atoms with Crippen LogP contribution in [0.2, 0.25) is 0 Å². The van der Waals surface area contributed by atoms with Crippen molar-refractivity contribution in [3.8, 4) is 0 Å². The first-order valence-corrected chi connectivity index (χ1v) is 7.52. The number of nitrogens with zero attached hydrogens (tertiary/aromatic N) is 3. The van der Waals surface area contributed by atoms with Crippen molar-refractivity contribution >= 4 is 34.2 Å². The second-order valence-electron chi connectivity index (χ2n) is 5.54. The van der Waals surface area contributed by atoms with Crippen molar-refractivity contribution in [1.29, 1.82) is 0 Å². The predicted octanol–water partition coefficient (Wildman–Crippen LogP) is 2.88. The Morgan fingerprint density at radius 3 is 2.59 bits per heavy atom. The number of anilines is 4. The van der Waals surface area contributed by atoms with Gasteiger partial charge >= 0.3 is 0 Å². The lowest BCUT2D eigenvalue weighted by atomic mass is 10.2. The highest BCUT2D eigenvalue weighted by Gasteiger charge is 2.12. The van der Waals surface area contributed by atoms with E-state index in [9.17, 15) is 0 Å². The molecule has 0 spiro atoms. The van der Waals surface area contributed by atoms with E-state index in [4.69, 9.17) is 5.73 Å². The fraction of sp³-hybridized carbons (Fsp3) is 0.250. The van der Waals surface area contributed by atoms with Gasteiger partial charge in [-0.25, -0.2) is 0 Å². The zero-order valence-corrected chi connectivity index (χ0v) is 12.2. The minimum absolute atomic E-state index is 0.474. The molecule has 0 bridgehead atoms. The number of aromatic nitrogens is 3. The SMILES string of the molecule is Nc1nc(Nc2ccc(N3CCCC3)cc2)nc2[nH]ccc12. The van der Waals surface area contributed by atoms with Gasteiger partial charge in [-0.05, 0) is 43.2 Å². The lowest BCUT2D eigenvalue weighted by molar-refractivity contribution is 0.949. The van der Waals surface area contributed by atoms with Gasteiger partial charge in [0.25, 0.3) is 0 Å². The summed E-state index contributed by atoms with van der Waals surface area (Å²) in [6.45, 7) is 2.30. The molecule has 4 rings (SSSR count). The first-order chi connectivity index (χ1) is 10.8. The Labute approximate surface area is 128 Å². The summed E-state index contributed by atoms with van der Waals surface area (Å²) < 4.78 is 0. The maximum atomic E-state index is 5.94. The molecule has 112 valence electrons. The molecule has 2 aromatic heterocycles. The number of nitrogens with two attached hydrogens (primary N) is 1. The highest BCUT2D eigenvalue weighted by atomic mass is 15.2. The zero-order chi connectivity index (χ0) is 14.9. The monoisotopic (exact) mass is 294 g/mol. The Kier molecular flexibility index (Phi) is 3.07. The van der Waals surface area contributed by atoms with Crippen LogP contribution in [-0.4, -0.2) is 28.0 Å². The van der Waals surface area contributed by atoms with Crippen molar-refractivity contribution < 1.29 is 0 Å². The second kappa shape index (κ2) is 5.22. The molecule has 0 radical (unpaired) electrons.